The second-order valence-electron chi connectivity index (χ2n) is 5.87. The van der Waals surface area contributed by atoms with E-state index in [0.29, 0.717) is 0 Å². The van der Waals surface area contributed by atoms with Crippen LogP contribution in [0.2, 0.25) is 0 Å². The van der Waals surface area contributed by atoms with E-state index < -0.39 is 0 Å². The van der Waals surface area contributed by atoms with E-state index in [9.17, 15) is 0 Å². The molecule has 0 saturated carbocycles. The average molecular weight is 260 g/mol. The lowest BCUT2D eigenvalue weighted by Gasteiger charge is -2.21. The SMILES string of the molecule is COCC1CCN(Cc2ccc3c(c2)CCCN3)C1. The van der Waals surface area contributed by atoms with Gasteiger partial charge in [0, 0.05) is 32.4 Å². The third kappa shape index (κ3) is 3.10. The number of anilines is 1. The van der Waals surface area contributed by atoms with Crippen LogP contribution in [0.25, 0.3) is 0 Å². The molecule has 3 rings (SSSR count). The predicted octanol–water partition coefficient (Wildman–Crippen LogP) is 2.51. The Morgan fingerprint density at radius 2 is 2.37 bits per heavy atom. The fourth-order valence-corrected chi connectivity index (χ4v) is 3.31. The summed E-state index contributed by atoms with van der Waals surface area (Å²) < 4.78 is 5.26. The highest BCUT2D eigenvalue weighted by Crippen LogP contribution is 2.25. The fraction of sp³-hybridized carbons (Fsp3) is 0.625. The van der Waals surface area contributed by atoms with Crippen LogP contribution in [-0.2, 0) is 17.7 Å². The summed E-state index contributed by atoms with van der Waals surface area (Å²) >= 11 is 0. The molecule has 0 aromatic heterocycles. The number of hydrogen-bond acceptors (Lipinski definition) is 3. The van der Waals surface area contributed by atoms with Crippen LogP contribution in [0.1, 0.15) is 24.0 Å². The normalized spacial score (nSPS) is 23.1. The molecular formula is C16H24N2O. The maximum absolute atomic E-state index is 5.26. The fourth-order valence-electron chi connectivity index (χ4n) is 3.31. The van der Waals surface area contributed by atoms with E-state index in [1.807, 2.05) is 0 Å². The predicted molar refractivity (Wildman–Crippen MR) is 78.5 cm³/mol. The zero-order valence-electron chi connectivity index (χ0n) is 11.8. The van der Waals surface area contributed by atoms with Crippen molar-refractivity contribution in [1.29, 1.82) is 0 Å². The van der Waals surface area contributed by atoms with E-state index in [1.54, 1.807) is 7.11 Å². The van der Waals surface area contributed by atoms with Crippen molar-refractivity contribution in [1.82, 2.24) is 4.90 Å². The zero-order valence-corrected chi connectivity index (χ0v) is 11.8. The van der Waals surface area contributed by atoms with Crippen LogP contribution in [0.5, 0.6) is 0 Å². The first-order valence-electron chi connectivity index (χ1n) is 7.42. The molecule has 2 aliphatic heterocycles. The minimum atomic E-state index is 0.726. The molecule has 0 aliphatic carbocycles. The molecule has 0 bridgehead atoms. The third-order valence-corrected chi connectivity index (χ3v) is 4.29. The van der Waals surface area contributed by atoms with Gasteiger partial charge in [-0.2, -0.15) is 0 Å². The molecule has 1 aromatic carbocycles. The van der Waals surface area contributed by atoms with Crippen molar-refractivity contribution in [3.8, 4) is 0 Å². The van der Waals surface area contributed by atoms with Crippen LogP contribution in [-0.4, -0.2) is 38.3 Å². The number of ether oxygens (including phenoxy) is 1. The summed E-state index contributed by atoms with van der Waals surface area (Å²) in [7, 11) is 1.80. The van der Waals surface area contributed by atoms with Gasteiger partial charge >= 0.3 is 0 Å². The van der Waals surface area contributed by atoms with Crippen molar-refractivity contribution in [3.05, 3.63) is 29.3 Å². The van der Waals surface area contributed by atoms with Gasteiger partial charge in [-0.1, -0.05) is 12.1 Å². The lowest BCUT2D eigenvalue weighted by Crippen LogP contribution is -2.21. The summed E-state index contributed by atoms with van der Waals surface area (Å²) in [4.78, 5) is 2.56. The Morgan fingerprint density at radius 1 is 1.42 bits per heavy atom. The van der Waals surface area contributed by atoms with E-state index in [0.717, 1.165) is 25.6 Å². The number of hydrogen-bond donors (Lipinski definition) is 1. The number of benzene rings is 1. The molecule has 1 fully saturated rings. The van der Waals surface area contributed by atoms with Gasteiger partial charge in [-0.05, 0) is 48.9 Å². The topological polar surface area (TPSA) is 24.5 Å². The van der Waals surface area contributed by atoms with E-state index in [1.165, 1.54) is 49.2 Å². The molecule has 19 heavy (non-hydrogen) atoms. The van der Waals surface area contributed by atoms with Gasteiger partial charge in [-0.3, -0.25) is 4.90 Å². The van der Waals surface area contributed by atoms with Crippen LogP contribution in [0.15, 0.2) is 18.2 Å². The van der Waals surface area contributed by atoms with E-state index in [4.69, 9.17) is 4.74 Å². The summed E-state index contributed by atoms with van der Waals surface area (Å²) in [5.41, 5.74) is 4.30. The molecule has 0 spiro atoms. The van der Waals surface area contributed by atoms with Crippen molar-refractivity contribution >= 4 is 5.69 Å². The largest absolute Gasteiger partial charge is 0.385 e. The van der Waals surface area contributed by atoms with E-state index in [2.05, 4.69) is 28.4 Å². The lowest BCUT2D eigenvalue weighted by atomic mass is 10.0. The number of likely N-dealkylation sites (tertiary alicyclic amines) is 1. The van der Waals surface area contributed by atoms with Crippen LogP contribution < -0.4 is 5.32 Å². The van der Waals surface area contributed by atoms with Crippen LogP contribution in [0, 0.1) is 5.92 Å². The average Bonchev–Trinajstić information content (AvgIpc) is 2.86. The second kappa shape index (κ2) is 5.93. The Bertz CT molecular complexity index is 433. The van der Waals surface area contributed by atoms with Gasteiger partial charge in [0.05, 0.1) is 6.61 Å². The van der Waals surface area contributed by atoms with Crippen LogP contribution in [0.3, 0.4) is 0 Å². The second-order valence-corrected chi connectivity index (χ2v) is 5.87. The van der Waals surface area contributed by atoms with Gasteiger partial charge in [0.25, 0.3) is 0 Å². The standard InChI is InChI=1S/C16H24N2O/c1-19-12-14-6-8-18(11-14)10-13-4-5-16-15(9-13)3-2-7-17-16/h4-5,9,14,17H,2-3,6-8,10-12H2,1H3. The summed E-state index contributed by atoms with van der Waals surface area (Å²) in [5.74, 6) is 0.726. The van der Waals surface area contributed by atoms with Crippen molar-refractivity contribution in [2.75, 3.05) is 38.7 Å². The summed E-state index contributed by atoms with van der Waals surface area (Å²) in [5, 5.41) is 3.48. The third-order valence-electron chi connectivity index (χ3n) is 4.29. The Labute approximate surface area is 115 Å². The Balaban J connectivity index is 1.61. The molecule has 0 amide bonds. The highest BCUT2D eigenvalue weighted by atomic mass is 16.5. The molecule has 3 heteroatoms. The first-order chi connectivity index (χ1) is 9.35. The van der Waals surface area contributed by atoms with Crippen molar-refractivity contribution < 1.29 is 4.74 Å². The van der Waals surface area contributed by atoms with Crippen molar-refractivity contribution in [2.45, 2.75) is 25.8 Å². The maximum Gasteiger partial charge on any atom is 0.0503 e. The highest BCUT2D eigenvalue weighted by Gasteiger charge is 2.22. The number of fused-ring (bicyclic) bond motifs is 1. The number of nitrogens with one attached hydrogen (secondary N) is 1. The molecule has 0 radical (unpaired) electrons. The quantitative estimate of drug-likeness (QED) is 0.900. The Kier molecular flexibility index (Phi) is 4.04. The first-order valence-corrected chi connectivity index (χ1v) is 7.42. The first kappa shape index (κ1) is 12.9. The maximum atomic E-state index is 5.26. The number of nitrogens with zero attached hydrogens (tertiary/aromatic N) is 1. The van der Waals surface area contributed by atoms with E-state index in [-0.39, 0.29) is 0 Å². The molecule has 1 unspecified atom stereocenters. The summed E-state index contributed by atoms with van der Waals surface area (Å²) in [6, 6.07) is 6.93. The molecule has 104 valence electrons. The molecule has 2 heterocycles. The molecule has 1 N–H and O–H groups in total. The highest BCUT2D eigenvalue weighted by molar-refractivity contribution is 5.54. The van der Waals surface area contributed by atoms with Crippen molar-refractivity contribution in [3.63, 3.8) is 0 Å². The molecule has 1 atom stereocenters. The Hall–Kier alpha value is -1.06. The molecule has 2 aliphatic rings. The molecule has 1 saturated heterocycles. The van der Waals surface area contributed by atoms with Crippen LogP contribution in [0.4, 0.5) is 5.69 Å². The smallest absolute Gasteiger partial charge is 0.0503 e. The monoisotopic (exact) mass is 260 g/mol. The van der Waals surface area contributed by atoms with Gasteiger partial charge in [-0.15, -0.1) is 0 Å². The summed E-state index contributed by atoms with van der Waals surface area (Å²) in [6.07, 6.45) is 3.76. The van der Waals surface area contributed by atoms with Gasteiger partial charge in [0.15, 0.2) is 0 Å². The van der Waals surface area contributed by atoms with Gasteiger partial charge in [0.2, 0.25) is 0 Å². The lowest BCUT2D eigenvalue weighted by molar-refractivity contribution is 0.152. The number of rotatable bonds is 4. The van der Waals surface area contributed by atoms with Crippen LogP contribution >= 0.6 is 0 Å². The number of methoxy groups -OCH3 is 1. The minimum Gasteiger partial charge on any atom is -0.385 e. The zero-order chi connectivity index (χ0) is 13.1. The molecule has 3 nitrogen and oxygen atoms in total. The molecule has 1 aromatic rings. The minimum absolute atomic E-state index is 0.726. The van der Waals surface area contributed by atoms with Gasteiger partial charge in [-0.25, -0.2) is 0 Å². The molecular weight excluding hydrogens is 236 g/mol. The van der Waals surface area contributed by atoms with E-state index >= 15 is 0 Å². The Morgan fingerprint density at radius 3 is 3.26 bits per heavy atom. The van der Waals surface area contributed by atoms with Gasteiger partial charge in [0.1, 0.15) is 0 Å². The summed E-state index contributed by atoms with van der Waals surface area (Å²) in [6.45, 7) is 5.52. The van der Waals surface area contributed by atoms with Gasteiger partial charge < -0.3 is 10.1 Å². The number of aryl methyl sites for hydroxylation is 1. The van der Waals surface area contributed by atoms with Crippen molar-refractivity contribution in [2.24, 2.45) is 5.92 Å².